The van der Waals surface area contributed by atoms with Crippen molar-refractivity contribution in [1.29, 1.82) is 0 Å². The zero-order valence-corrected chi connectivity index (χ0v) is 7.77. The zero-order chi connectivity index (χ0) is 10.9. The Labute approximate surface area is 83.4 Å². The van der Waals surface area contributed by atoms with Crippen molar-refractivity contribution in [3.05, 3.63) is 11.8 Å². The Hall–Kier alpha value is -1.20. The van der Waals surface area contributed by atoms with Crippen molar-refractivity contribution in [2.24, 2.45) is 5.41 Å². The highest BCUT2D eigenvalue weighted by Crippen LogP contribution is 2.78. The summed E-state index contributed by atoms with van der Waals surface area (Å²) in [5.41, 5.74) is 4.06. The maximum atomic E-state index is 12.5. The molecule has 2 bridgehead atoms. The van der Waals surface area contributed by atoms with Gasteiger partial charge in [-0.15, -0.1) is 0 Å². The van der Waals surface area contributed by atoms with E-state index >= 15 is 0 Å². The van der Waals surface area contributed by atoms with Gasteiger partial charge in [0.05, 0.1) is 11.1 Å². The van der Waals surface area contributed by atoms with E-state index in [1.165, 1.54) is 6.07 Å². The second kappa shape index (κ2) is 2.15. The predicted molar refractivity (Wildman–Crippen MR) is 44.9 cm³/mol. The van der Waals surface area contributed by atoms with Gasteiger partial charge in [0, 0.05) is 11.5 Å². The second-order valence-corrected chi connectivity index (χ2v) is 4.70. The van der Waals surface area contributed by atoms with Gasteiger partial charge in [0.15, 0.2) is 0 Å². The van der Waals surface area contributed by atoms with Crippen LogP contribution in [0.2, 0.25) is 0 Å². The van der Waals surface area contributed by atoms with Crippen molar-refractivity contribution in [2.75, 3.05) is 5.73 Å². The maximum absolute atomic E-state index is 12.5. The van der Waals surface area contributed by atoms with Gasteiger partial charge in [0.1, 0.15) is 0 Å². The molecule has 15 heavy (non-hydrogen) atoms. The lowest BCUT2D eigenvalue weighted by Crippen LogP contribution is -2.70. The summed E-state index contributed by atoms with van der Waals surface area (Å²) in [4.78, 5) is 0. The number of nitrogens with two attached hydrogens (primary N) is 1. The molecule has 0 aliphatic heterocycles. The van der Waals surface area contributed by atoms with Crippen LogP contribution in [-0.2, 0) is 5.41 Å². The van der Waals surface area contributed by atoms with Crippen molar-refractivity contribution in [1.82, 2.24) is 5.16 Å². The van der Waals surface area contributed by atoms with Crippen LogP contribution in [0.5, 0.6) is 0 Å². The first kappa shape index (κ1) is 9.06. The van der Waals surface area contributed by atoms with Crippen LogP contribution in [0.4, 0.5) is 19.1 Å². The predicted octanol–water partition coefficient (Wildman–Crippen LogP) is 2.24. The molecule has 3 saturated carbocycles. The Morgan fingerprint density at radius 1 is 1.33 bits per heavy atom. The number of rotatable bonds is 1. The Balaban J connectivity index is 1.82. The number of anilines is 1. The molecule has 0 radical (unpaired) electrons. The van der Waals surface area contributed by atoms with E-state index in [0.29, 0.717) is 5.69 Å². The monoisotopic (exact) mass is 218 g/mol. The molecule has 3 aliphatic carbocycles. The minimum Gasteiger partial charge on any atom is -0.368 e. The van der Waals surface area contributed by atoms with E-state index in [9.17, 15) is 13.2 Å². The third-order valence-corrected chi connectivity index (χ3v) is 3.70. The van der Waals surface area contributed by atoms with Crippen LogP contribution in [0.3, 0.4) is 0 Å². The van der Waals surface area contributed by atoms with E-state index in [1.54, 1.807) is 0 Å². The van der Waals surface area contributed by atoms with Crippen LogP contribution >= 0.6 is 0 Å². The summed E-state index contributed by atoms with van der Waals surface area (Å²) in [6, 6.07) is 1.53. The number of nitrogens with zero attached hydrogens (tertiary/aromatic N) is 1. The molecule has 0 unspecified atom stereocenters. The Morgan fingerprint density at radius 2 is 1.93 bits per heavy atom. The number of hydrogen-bond donors (Lipinski definition) is 1. The van der Waals surface area contributed by atoms with Crippen molar-refractivity contribution in [3.63, 3.8) is 0 Å². The number of alkyl halides is 3. The van der Waals surface area contributed by atoms with Crippen LogP contribution in [0.25, 0.3) is 0 Å². The quantitative estimate of drug-likeness (QED) is 0.786. The first-order chi connectivity index (χ1) is 6.87. The van der Waals surface area contributed by atoms with Crippen molar-refractivity contribution in [3.8, 4) is 0 Å². The molecule has 0 spiro atoms. The van der Waals surface area contributed by atoms with Gasteiger partial charge in [-0.2, -0.15) is 13.2 Å². The summed E-state index contributed by atoms with van der Waals surface area (Å²) in [5.74, 6) is 0.163. The number of nitrogen functional groups attached to an aromatic ring is 1. The minimum absolute atomic E-state index is 0.134. The SMILES string of the molecule is Nc1cc(C23CC(C(F)(F)F)(C2)C3)no1. The highest BCUT2D eigenvalue weighted by molar-refractivity contribution is 5.39. The Bertz CT molecular complexity index is 403. The van der Waals surface area contributed by atoms with E-state index in [-0.39, 0.29) is 25.1 Å². The van der Waals surface area contributed by atoms with E-state index in [0.717, 1.165) is 0 Å². The number of aromatic nitrogens is 1. The molecule has 82 valence electrons. The summed E-state index contributed by atoms with van der Waals surface area (Å²) >= 11 is 0. The molecule has 4 rings (SSSR count). The van der Waals surface area contributed by atoms with E-state index < -0.39 is 17.0 Å². The van der Waals surface area contributed by atoms with E-state index in [1.807, 2.05) is 0 Å². The second-order valence-electron chi connectivity index (χ2n) is 4.70. The van der Waals surface area contributed by atoms with Gasteiger partial charge in [-0.1, -0.05) is 5.16 Å². The van der Waals surface area contributed by atoms with Crippen molar-refractivity contribution < 1.29 is 17.7 Å². The maximum Gasteiger partial charge on any atom is 0.394 e. The highest BCUT2D eigenvalue weighted by Gasteiger charge is 2.79. The van der Waals surface area contributed by atoms with Gasteiger partial charge >= 0.3 is 6.18 Å². The van der Waals surface area contributed by atoms with E-state index in [2.05, 4.69) is 9.68 Å². The van der Waals surface area contributed by atoms with Gasteiger partial charge in [-0.05, 0) is 19.3 Å². The van der Waals surface area contributed by atoms with Gasteiger partial charge in [0.25, 0.3) is 0 Å². The summed E-state index contributed by atoms with van der Waals surface area (Å²) in [5, 5.41) is 3.69. The van der Waals surface area contributed by atoms with Gasteiger partial charge in [-0.3, -0.25) is 0 Å². The van der Waals surface area contributed by atoms with Crippen LogP contribution < -0.4 is 5.73 Å². The van der Waals surface area contributed by atoms with E-state index in [4.69, 9.17) is 5.73 Å². The fourth-order valence-corrected chi connectivity index (χ4v) is 2.90. The Kier molecular flexibility index (Phi) is 1.30. The van der Waals surface area contributed by atoms with Gasteiger partial charge in [0.2, 0.25) is 5.88 Å². The largest absolute Gasteiger partial charge is 0.394 e. The third-order valence-electron chi connectivity index (χ3n) is 3.70. The fraction of sp³-hybridized carbons (Fsp3) is 0.667. The summed E-state index contributed by atoms with van der Waals surface area (Å²) in [7, 11) is 0. The molecule has 1 aromatic heterocycles. The molecule has 1 aromatic rings. The molecular weight excluding hydrogens is 209 g/mol. The molecule has 0 atom stereocenters. The van der Waals surface area contributed by atoms with Crippen LogP contribution in [-0.4, -0.2) is 11.3 Å². The molecule has 1 heterocycles. The highest BCUT2D eigenvalue weighted by atomic mass is 19.4. The molecule has 0 aromatic carbocycles. The van der Waals surface area contributed by atoms with Crippen LogP contribution in [0.15, 0.2) is 10.6 Å². The number of halogens is 3. The molecular formula is C9H9F3N2O. The summed E-state index contributed by atoms with van der Waals surface area (Å²) in [6.45, 7) is 0. The molecule has 0 amide bonds. The lowest BCUT2D eigenvalue weighted by Gasteiger charge is -2.69. The standard InChI is InChI=1S/C9H9F3N2O/c10-9(11,12)8-2-7(3-8,4-8)5-1-6(13)15-14-5/h1H,2-4,13H2. The third kappa shape index (κ3) is 0.897. The average molecular weight is 218 g/mol. The lowest BCUT2D eigenvalue weighted by molar-refractivity contribution is -0.338. The van der Waals surface area contributed by atoms with Crippen molar-refractivity contribution >= 4 is 5.88 Å². The molecule has 3 fully saturated rings. The first-order valence-electron chi connectivity index (χ1n) is 4.66. The van der Waals surface area contributed by atoms with Crippen LogP contribution in [0, 0.1) is 5.41 Å². The molecule has 3 aliphatic rings. The molecule has 6 heteroatoms. The molecule has 3 nitrogen and oxygen atoms in total. The Morgan fingerprint density at radius 3 is 2.33 bits per heavy atom. The van der Waals surface area contributed by atoms with Crippen molar-refractivity contribution in [2.45, 2.75) is 30.9 Å². The summed E-state index contributed by atoms with van der Waals surface area (Å²) < 4.78 is 42.3. The first-order valence-corrected chi connectivity index (χ1v) is 4.66. The molecule has 2 N–H and O–H groups in total. The molecule has 0 saturated heterocycles. The van der Waals surface area contributed by atoms with Gasteiger partial charge in [-0.25, -0.2) is 0 Å². The average Bonchev–Trinajstić information content (AvgIpc) is 2.25. The zero-order valence-electron chi connectivity index (χ0n) is 7.77. The lowest BCUT2D eigenvalue weighted by atomic mass is 9.34. The fourth-order valence-electron chi connectivity index (χ4n) is 2.90. The minimum atomic E-state index is -4.08. The summed E-state index contributed by atoms with van der Waals surface area (Å²) in [6.07, 6.45) is -3.68. The number of hydrogen-bond acceptors (Lipinski definition) is 3. The topological polar surface area (TPSA) is 52.0 Å². The smallest absolute Gasteiger partial charge is 0.368 e. The van der Waals surface area contributed by atoms with Crippen LogP contribution in [0.1, 0.15) is 25.0 Å². The van der Waals surface area contributed by atoms with Gasteiger partial charge < -0.3 is 10.3 Å². The normalized spacial score (nSPS) is 38.3.